The molecule has 0 saturated heterocycles. The van der Waals surface area contributed by atoms with E-state index in [1.165, 1.54) is 7.11 Å². The van der Waals surface area contributed by atoms with Gasteiger partial charge in [-0.25, -0.2) is 0 Å². The van der Waals surface area contributed by atoms with Crippen molar-refractivity contribution in [2.75, 3.05) is 14.2 Å². The summed E-state index contributed by atoms with van der Waals surface area (Å²) in [6.45, 7) is 3.64. The molecule has 0 aliphatic heterocycles. The fourth-order valence-electron chi connectivity index (χ4n) is 1.16. The topological polar surface area (TPSA) is 38.3 Å². The van der Waals surface area contributed by atoms with Gasteiger partial charge in [-0.05, 0) is 17.7 Å². The van der Waals surface area contributed by atoms with Crippen LogP contribution in [0.1, 0.15) is 15.9 Å². The average Bonchev–Trinajstić information content (AvgIpc) is 2.27. The minimum atomic E-state index is -0.155. The second kappa shape index (κ2) is 4.46. The Bertz CT molecular complexity index is 358. The Hall–Kier alpha value is -1.77. The van der Waals surface area contributed by atoms with E-state index in [0.29, 0.717) is 11.3 Å². The quantitative estimate of drug-likeness (QED) is 0.789. The zero-order chi connectivity index (χ0) is 10.6. The first-order valence-electron chi connectivity index (χ1n) is 4.25. The highest BCUT2D eigenvalue weighted by molar-refractivity contribution is 5.97. The second-order valence-electron chi connectivity index (χ2n) is 2.74. The van der Waals surface area contributed by atoms with E-state index in [4.69, 9.17) is 4.74 Å². The summed E-state index contributed by atoms with van der Waals surface area (Å²) in [4.78, 5) is 11.4. The first-order valence-corrected chi connectivity index (χ1v) is 4.25. The van der Waals surface area contributed by atoms with Crippen molar-refractivity contribution in [1.29, 1.82) is 0 Å². The van der Waals surface area contributed by atoms with Crippen LogP contribution in [0.15, 0.2) is 24.8 Å². The van der Waals surface area contributed by atoms with E-state index >= 15 is 0 Å². The highest BCUT2D eigenvalue weighted by Gasteiger charge is 2.09. The lowest BCUT2D eigenvalue weighted by atomic mass is 10.1. The highest BCUT2D eigenvalue weighted by atomic mass is 16.5. The van der Waals surface area contributed by atoms with Crippen LogP contribution >= 0.6 is 0 Å². The van der Waals surface area contributed by atoms with Gasteiger partial charge in [0.05, 0.1) is 12.7 Å². The molecule has 0 unspecified atom stereocenters. The fourth-order valence-corrected chi connectivity index (χ4v) is 1.16. The van der Waals surface area contributed by atoms with Crippen LogP contribution in [0.2, 0.25) is 0 Å². The van der Waals surface area contributed by atoms with Crippen molar-refractivity contribution in [1.82, 2.24) is 5.32 Å². The molecule has 3 heteroatoms. The van der Waals surface area contributed by atoms with E-state index in [1.807, 2.05) is 6.07 Å². The van der Waals surface area contributed by atoms with Gasteiger partial charge in [-0.1, -0.05) is 18.7 Å². The lowest BCUT2D eigenvalue weighted by Crippen LogP contribution is -2.18. The third-order valence-corrected chi connectivity index (χ3v) is 1.93. The summed E-state index contributed by atoms with van der Waals surface area (Å²) in [5.74, 6) is 0.402. The number of amides is 1. The summed E-state index contributed by atoms with van der Waals surface area (Å²) >= 11 is 0. The number of hydrogen-bond acceptors (Lipinski definition) is 2. The van der Waals surface area contributed by atoms with Crippen LogP contribution in [-0.2, 0) is 0 Å². The van der Waals surface area contributed by atoms with Gasteiger partial charge >= 0.3 is 0 Å². The molecule has 0 aliphatic carbocycles. The monoisotopic (exact) mass is 191 g/mol. The molecule has 0 atom stereocenters. The summed E-state index contributed by atoms with van der Waals surface area (Å²) < 4.78 is 5.10. The number of methoxy groups -OCH3 is 1. The van der Waals surface area contributed by atoms with Gasteiger partial charge < -0.3 is 10.1 Å². The molecule has 1 aromatic rings. The van der Waals surface area contributed by atoms with E-state index < -0.39 is 0 Å². The van der Waals surface area contributed by atoms with Gasteiger partial charge in [0, 0.05) is 7.05 Å². The van der Waals surface area contributed by atoms with Gasteiger partial charge in [0.2, 0.25) is 0 Å². The molecule has 0 aromatic heterocycles. The predicted molar refractivity (Wildman–Crippen MR) is 56.5 cm³/mol. The highest BCUT2D eigenvalue weighted by Crippen LogP contribution is 2.20. The molecular formula is C11H13NO2. The van der Waals surface area contributed by atoms with Crippen LogP contribution in [0.25, 0.3) is 6.08 Å². The molecule has 1 N–H and O–H groups in total. The average molecular weight is 191 g/mol. The minimum Gasteiger partial charge on any atom is -0.496 e. The number of nitrogens with one attached hydrogen (secondary N) is 1. The lowest BCUT2D eigenvalue weighted by molar-refractivity contribution is 0.0960. The van der Waals surface area contributed by atoms with E-state index in [-0.39, 0.29) is 5.91 Å². The molecule has 0 aliphatic rings. The molecule has 74 valence electrons. The Morgan fingerprint density at radius 2 is 2.29 bits per heavy atom. The first-order chi connectivity index (χ1) is 6.72. The van der Waals surface area contributed by atoms with E-state index in [2.05, 4.69) is 11.9 Å². The second-order valence-corrected chi connectivity index (χ2v) is 2.74. The van der Waals surface area contributed by atoms with Gasteiger partial charge in [-0.2, -0.15) is 0 Å². The first kappa shape index (κ1) is 10.3. The van der Waals surface area contributed by atoms with Crippen molar-refractivity contribution < 1.29 is 9.53 Å². The third-order valence-electron chi connectivity index (χ3n) is 1.93. The Labute approximate surface area is 83.4 Å². The zero-order valence-corrected chi connectivity index (χ0v) is 8.33. The molecule has 0 spiro atoms. The number of hydrogen-bond donors (Lipinski definition) is 1. The van der Waals surface area contributed by atoms with E-state index in [1.54, 1.807) is 25.3 Å². The third kappa shape index (κ3) is 1.93. The van der Waals surface area contributed by atoms with Crippen molar-refractivity contribution in [3.05, 3.63) is 35.9 Å². The van der Waals surface area contributed by atoms with Crippen LogP contribution in [-0.4, -0.2) is 20.1 Å². The Morgan fingerprint density at radius 3 is 2.79 bits per heavy atom. The number of rotatable bonds is 3. The van der Waals surface area contributed by atoms with Crippen molar-refractivity contribution >= 4 is 12.0 Å². The summed E-state index contributed by atoms with van der Waals surface area (Å²) in [7, 11) is 3.12. The summed E-state index contributed by atoms with van der Waals surface area (Å²) in [5, 5.41) is 2.55. The maximum absolute atomic E-state index is 11.4. The van der Waals surface area contributed by atoms with Crippen LogP contribution in [0.3, 0.4) is 0 Å². The summed E-state index contributed by atoms with van der Waals surface area (Å²) in [6, 6.07) is 5.31. The number of benzene rings is 1. The molecule has 0 fully saturated rings. The SMILES string of the molecule is C=Cc1ccc(C(=O)NC)c(OC)c1. The molecule has 0 radical (unpaired) electrons. The number of carbonyl (C=O) groups is 1. The van der Waals surface area contributed by atoms with Crippen molar-refractivity contribution in [2.24, 2.45) is 0 Å². The van der Waals surface area contributed by atoms with Gasteiger partial charge in [0.25, 0.3) is 5.91 Å². The Morgan fingerprint density at radius 1 is 1.57 bits per heavy atom. The van der Waals surface area contributed by atoms with E-state index in [0.717, 1.165) is 5.56 Å². The maximum atomic E-state index is 11.4. The van der Waals surface area contributed by atoms with Crippen LogP contribution < -0.4 is 10.1 Å². The predicted octanol–water partition coefficient (Wildman–Crippen LogP) is 1.70. The van der Waals surface area contributed by atoms with Gasteiger partial charge in [0.1, 0.15) is 5.75 Å². The maximum Gasteiger partial charge on any atom is 0.254 e. The fraction of sp³-hybridized carbons (Fsp3) is 0.182. The standard InChI is InChI=1S/C11H13NO2/c1-4-8-5-6-9(11(13)12-2)10(7-8)14-3/h4-7H,1H2,2-3H3,(H,12,13). The normalized spacial score (nSPS) is 9.29. The summed E-state index contributed by atoms with van der Waals surface area (Å²) in [5.41, 5.74) is 1.45. The lowest BCUT2D eigenvalue weighted by Gasteiger charge is -2.07. The van der Waals surface area contributed by atoms with Crippen molar-refractivity contribution in [3.63, 3.8) is 0 Å². The van der Waals surface area contributed by atoms with Crippen LogP contribution in [0, 0.1) is 0 Å². The molecular weight excluding hydrogens is 178 g/mol. The molecule has 0 saturated carbocycles. The number of ether oxygens (including phenoxy) is 1. The van der Waals surface area contributed by atoms with E-state index in [9.17, 15) is 4.79 Å². The molecule has 1 amide bonds. The zero-order valence-electron chi connectivity index (χ0n) is 8.33. The van der Waals surface area contributed by atoms with Gasteiger partial charge in [0.15, 0.2) is 0 Å². The molecule has 0 heterocycles. The molecule has 14 heavy (non-hydrogen) atoms. The number of carbonyl (C=O) groups excluding carboxylic acids is 1. The van der Waals surface area contributed by atoms with Gasteiger partial charge in [-0.15, -0.1) is 0 Å². The van der Waals surface area contributed by atoms with Crippen LogP contribution in [0.5, 0.6) is 5.75 Å². The smallest absolute Gasteiger partial charge is 0.254 e. The Kier molecular flexibility index (Phi) is 3.29. The summed E-state index contributed by atoms with van der Waals surface area (Å²) in [6.07, 6.45) is 1.70. The van der Waals surface area contributed by atoms with Crippen molar-refractivity contribution in [3.8, 4) is 5.75 Å². The van der Waals surface area contributed by atoms with Gasteiger partial charge in [-0.3, -0.25) is 4.79 Å². The molecule has 0 bridgehead atoms. The van der Waals surface area contributed by atoms with Crippen molar-refractivity contribution in [2.45, 2.75) is 0 Å². The van der Waals surface area contributed by atoms with Crippen LogP contribution in [0.4, 0.5) is 0 Å². The molecule has 1 rings (SSSR count). The molecule has 1 aromatic carbocycles. The minimum absolute atomic E-state index is 0.155. The molecule has 3 nitrogen and oxygen atoms in total. The largest absolute Gasteiger partial charge is 0.496 e. The Balaban J connectivity index is 3.17.